The third-order valence-electron chi connectivity index (χ3n) is 1.69. The minimum absolute atomic E-state index is 0.665. The minimum atomic E-state index is 0.665. The highest BCUT2D eigenvalue weighted by Gasteiger charge is 2.08. The molecule has 0 N–H and O–H groups in total. The summed E-state index contributed by atoms with van der Waals surface area (Å²) in [7, 11) is 0. The lowest BCUT2D eigenvalue weighted by atomic mass is 10.2. The number of halogens is 1. The van der Waals surface area contributed by atoms with Crippen LogP contribution in [0, 0.1) is 11.3 Å². The van der Waals surface area contributed by atoms with Crippen molar-refractivity contribution in [1.82, 2.24) is 4.98 Å². The van der Waals surface area contributed by atoms with Gasteiger partial charge in [-0.05, 0) is 28.1 Å². The van der Waals surface area contributed by atoms with Crippen LogP contribution in [0.2, 0.25) is 0 Å². The number of nitrogens with zero attached hydrogens (tertiary/aromatic N) is 2. The Morgan fingerprint density at radius 3 is 3.00 bits per heavy atom. The van der Waals surface area contributed by atoms with Crippen LogP contribution in [0.1, 0.15) is 5.56 Å². The lowest BCUT2D eigenvalue weighted by Crippen LogP contribution is -1.82. The highest BCUT2D eigenvalue weighted by molar-refractivity contribution is 9.10. The SMILES string of the molecule is N#Cc1c(Br)cccc1Sc1nccs1. The summed E-state index contributed by atoms with van der Waals surface area (Å²) in [6.07, 6.45) is 1.76. The average Bonchev–Trinajstić information content (AvgIpc) is 2.71. The van der Waals surface area contributed by atoms with E-state index in [1.807, 2.05) is 23.6 Å². The van der Waals surface area contributed by atoms with Gasteiger partial charge in [0.2, 0.25) is 0 Å². The first-order valence-corrected chi connectivity index (χ1v) is 6.56. The average molecular weight is 297 g/mol. The van der Waals surface area contributed by atoms with Crippen LogP contribution in [0.5, 0.6) is 0 Å². The highest BCUT2D eigenvalue weighted by Crippen LogP contribution is 2.34. The molecular formula is C10H5BrN2S2. The van der Waals surface area contributed by atoms with E-state index in [0.29, 0.717) is 5.56 Å². The van der Waals surface area contributed by atoms with E-state index < -0.39 is 0 Å². The van der Waals surface area contributed by atoms with Gasteiger partial charge in [-0.3, -0.25) is 0 Å². The summed E-state index contributed by atoms with van der Waals surface area (Å²) in [6, 6.07) is 7.89. The quantitative estimate of drug-likeness (QED) is 0.842. The van der Waals surface area contributed by atoms with Crippen LogP contribution in [0.3, 0.4) is 0 Å². The largest absolute Gasteiger partial charge is 0.238 e. The third-order valence-corrected chi connectivity index (χ3v) is 4.30. The standard InChI is InChI=1S/C10H5BrN2S2/c11-8-2-1-3-9(7(8)6-12)15-10-13-4-5-14-10/h1-5H. The minimum Gasteiger partial charge on any atom is -0.238 e. The molecule has 0 unspecified atom stereocenters. The fourth-order valence-electron chi connectivity index (χ4n) is 1.05. The molecule has 0 aliphatic heterocycles. The van der Waals surface area contributed by atoms with E-state index in [-0.39, 0.29) is 0 Å². The molecule has 2 nitrogen and oxygen atoms in total. The summed E-state index contributed by atoms with van der Waals surface area (Å²) in [5, 5.41) is 10.9. The van der Waals surface area contributed by atoms with E-state index in [2.05, 4.69) is 27.0 Å². The van der Waals surface area contributed by atoms with Gasteiger partial charge in [-0.1, -0.05) is 17.8 Å². The fourth-order valence-corrected chi connectivity index (χ4v) is 3.33. The molecule has 0 aliphatic carbocycles. The van der Waals surface area contributed by atoms with Gasteiger partial charge in [-0.25, -0.2) is 4.98 Å². The number of hydrogen-bond donors (Lipinski definition) is 0. The van der Waals surface area contributed by atoms with Crippen molar-refractivity contribution in [2.45, 2.75) is 9.24 Å². The molecule has 0 aliphatic rings. The van der Waals surface area contributed by atoms with Gasteiger partial charge >= 0.3 is 0 Å². The van der Waals surface area contributed by atoms with Crippen molar-refractivity contribution in [3.05, 3.63) is 39.8 Å². The smallest absolute Gasteiger partial charge is 0.154 e. The van der Waals surface area contributed by atoms with Crippen molar-refractivity contribution in [2.24, 2.45) is 0 Å². The van der Waals surface area contributed by atoms with Crippen molar-refractivity contribution in [2.75, 3.05) is 0 Å². The predicted octanol–water partition coefficient (Wildman–Crippen LogP) is 3.93. The Balaban J connectivity index is 2.37. The van der Waals surface area contributed by atoms with Crippen LogP contribution < -0.4 is 0 Å². The zero-order valence-corrected chi connectivity index (χ0v) is 10.7. The van der Waals surface area contributed by atoms with Gasteiger partial charge in [0.15, 0.2) is 4.34 Å². The van der Waals surface area contributed by atoms with Crippen molar-refractivity contribution in [3.8, 4) is 6.07 Å². The molecule has 0 saturated heterocycles. The van der Waals surface area contributed by atoms with Crippen LogP contribution in [0.25, 0.3) is 0 Å². The number of hydrogen-bond acceptors (Lipinski definition) is 4. The molecule has 0 amide bonds. The summed E-state index contributed by atoms with van der Waals surface area (Å²) >= 11 is 6.44. The van der Waals surface area contributed by atoms with Gasteiger partial charge < -0.3 is 0 Å². The van der Waals surface area contributed by atoms with Crippen molar-refractivity contribution < 1.29 is 0 Å². The molecule has 1 aromatic carbocycles. The Hall–Kier alpha value is -0.830. The second-order valence-electron chi connectivity index (χ2n) is 2.62. The van der Waals surface area contributed by atoms with E-state index in [1.54, 1.807) is 17.5 Å². The van der Waals surface area contributed by atoms with Gasteiger partial charge in [0, 0.05) is 20.9 Å². The number of benzene rings is 1. The van der Waals surface area contributed by atoms with Gasteiger partial charge in [-0.15, -0.1) is 11.3 Å². The molecule has 0 spiro atoms. The maximum atomic E-state index is 9.02. The highest BCUT2D eigenvalue weighted by atomic mass is 79.9. The Morgan fingerprint density at radius 2 is 2.33 bits per heavy atom. The molecule has 2 rings (SSSR count). The summed E-state index contributed by atoms with van der Waals surface area (Å²) in [5.41, 5.74) is 0.665. The first-order valence-electron chi connectivity index (χ1n) is 4.07. The van der Waals surface area contributed by atoms with Crippen LogP contribution in [-0.2, 0) is 0 Å². The lowest BCUT2D eigenvalue weighted by Gasteiger charge is -2.02. The maximum Gasteiger partial charge on any atom is 0.154 e. The molecule has 0 radical (unpaired) electrons. The first-order chi connectivity index (χ1) is 7.31. The van der Waals surface area contributed by atoms with E-state index in [9.17, 15) is 0 Å². The second-order valence-corrected chi connectivity index (χ2v) is 5.66. The molecule has 1 aromatic heterocycles. The molecule has 1 heterocycles. The monoisotopic (exact) mass is 296 g/mol. The zero-order chi connectivity index (χ0) is 10.7. The van der Waals surface area contributed by atoms with Gasteiger partial charge in [0.25, 0.3) is 0 Å². The number of nitriles is 1. The first kappa shape index (κ1) is 10.7. The molecule has 0 fully saturated rings. The molecule has 2 aromatic rings. The molecule has 15 heavy (non-hydrogen) atoms. The molecule has 0 saturated carbocycles. The Bertz CT molecular complexity index is 503. The van der Waals surface area contributed by atoms with Gasteiger partial charge in [0.05, 0.1) is 5.56 Å². The number of thiazole rings is 1. The summed E-state index contributed by atoms with van der Waals surface area (Å²) in [4.78, 5) is 5.11. The van der Waals surface area contributed by atoms with Gasteiger partial charge in [0.1, 0.15) is 6.07 Å². The Morgan fingerprint density at radius 1 is 1.47 bits per heavy atom. The van der Waals surface area contributed by atoms with E-state index in [1.165, 1.54) is 11.8 Å². The topological polar surface area (TPSA) is 36.7 Å². The maximum absolute atomic E-state index is 9.02. The molecule has 74 valence electrons. The van der Waals surface area contributed by atoms with Crippen molar-refractivity contribution >= 4 is 39.0 Å². The van der Waals surface area contributed by atoms with E-state index >= 15 is 0 Å². The molecule has 0 bridgehead atoms. The fraction of sp³-hybridized carbons (Fsp3) is 0. The summed E-state index contributed by atoms with van der Waals surface area (Å²) < 4.78 is 1.77. The molecular weight excluding hydrogens is 292 g/mol. The zero-order valence-electron chi connectivity index (χ0n) is 7.48. The van der Waals surface area contributed by atoms with Crippen molar-refractivity contribution in [3.63, 3.8) is 0 Å². The van der Waals surface area contributed by atoms with Gasteiger partial charge in [-0.2, -0.15) is 5.26 Å². The van der Waals surface area contributed by atoms with E-state index in [4.69, 9.17) is 5.26 Å². The molecule has 0 atom stereocenters. The number of aromatic nitrogens is 1. The van der Waals surface area contributed by atoms with E-state index in [0.717, 1.165) is 13.7 Å². The van der Waals surface area contributed by atoms with Crippen LogP contribution >= 0.6 is 39.0 Å². The summed E-state index contributed by atoms with van der Waals surface area (Å²) in [5.74, 6) is 0. The lowest BCUT2D eigenvalue weighted by molar-refractivity contribution is 1.24. The third kappa shape index (κ3) is 2.40. The van der Waals surface area contributed by atoms with Crippen molar-refractivity contribution in [1.29, 1.82) is 5.26 Å². The summed E-state index contributed by atoms with van der Waals surface area (Å²) in [6.45, 7) is 0. The van der Waals surface area contributed by atoms with Crippen LogP contribution in [0.15, 0.2) is 43.5 Å². The number of rotatable bonds is 2. The second kappa shape index (κ2) is 4.79. The normalized spacial score (nSPS) is 9.87. The Labute approximate surface area is 104 Å². The Kier molecular flexibility index (Phi) is 3.41. The van der Waals surface area contributed by atoms with Crippen LogP contribution in [0.4, 0.5) is 0 Å². The predicted molar refractivity (Wildman–Crippen MR) is 65.1 cm³/mol. The van der Waals surface area contributed by atoms with Crippen LogP contribution in [-0.4, -0.2) is 4.98 Å². The molecule has 5 heteroatoms.